The summed E-state index contributed by atoms with van der Waals surface area (Å²) in [5.74, 6) is 0. The lowest BCUT2D eigenvalue weighted by Crippen LogP contribution is -1.98. The van der Waals surface area contributed by atoms with Gasteiger partial charge in [0.2, 0.25) is 0 Å². The molecule has 2 rings (SSSR count). The third-order valence-electron chi connectivity index (χ3n) is 2.79. The minimum Gasteiger partial charge on any atom is -0.326 e. The molecule has 0 radical (unpaired) electrons. The number of aryl methyl sites for hydroxylation is 2. The highest BCUT2D eigenvalue weighted by Gasteiger charge is 2.06. The SMILES string of the molecule is Cc1ccc(Sc2ccc(Cl)cc2CN)c(C)c1. The van der Waals surface area contributed by atoms with E-state index in [2.05, 4.69) is 32.0 Å². The first-order chi connectivity index (χ1) is 8.60. The van der Waals surface area contributed by atoms with Crippen molar-refractivity contribution in [3.63, 3.8) is 0 Å². The van der Waals surface area contributed by atoms with Gasteiger partial charge in [-0.3, -0.25) is 0 Å². The molecule has 0 fully saturated rings. The van der Waals surface area contributed by atoms with Crippen molar-refractivity contribution < 1.29 is 0 Å². The van der Waals surface area contributed by atoms with Crippen LogP contribution in [0.4, 0.5) is 0 Å². The molecule has 2 N–H and O–H groups in total. The Hall–Kier alpha value is -0.960. The van der Waals surface area contributed by atoms with Crippen molar-refractivity contribution in [1.29, 1.82) is 0 Å². The summed E-state index contributed by atoms with van der Waals surface area (Å²) in [5, 5.41) is 0.737. The Bertz CT molecular complexity index is 566. The van der Waals surface area contributed by atoms with Crippen LogP contribution >= 0.6 is 23.4 Å². The monoisotopic (exact) mass is 277 g/mol. The van der Waals surface area contributed by atoms with Gasteiger partial charge in [0, 0.05) is 21.4 Å². The van der Waals surface area contributed by atoms with Crippen LogP contribution in [0.3, 0.4) is 0 Å². The average Bonchev–Trinajstić information content (AvgIpc) is 2.34. The molecule has 0 aliphatic rings. The van der Waals surface area contributed by atoms with E-state index in [1.165, 1.54) is 20.9 Å². The van der Waals surface area contributed by atoms with E-state index in [-0.39, 0.29) is 0 Å². The van der Waals surface area contributed by atoms with Crippen molar-refractivity contribution in [2.24, 2.45) is 5.73 Å². The van der Waals surface area contributed by atoms with E-state index in [1.807, 2.05) is 18.2 Å². The van der Waals surface area contributed by atoms with E-state index in [1.54, 1.807) is 11.8 Å². The molecule has 0 unspecified atom stereocenters. The Morgan fingerprint density at radius 1 is 1.06 bits per heavy atom. The van der Waals surface area contributed by atoms with Crippen molar-refractivity contribution in [3.05, 3.63) is 58.1 Å². The molecule has 2 aromatic rings. The Morgan fingerprint density at radius 3 is 2.44 bits per heavy atom. The highest BCUT2D eigenvalue weighted by Crippen LogP contribution is 2.34. The number of benzene rings is 2. The minimum absolute atomic E-state index is 0.508. The molecule has 3 heteroatoms. The largest absolute Gasteiger partial charge is 0.326 e. The lowest BCUT2D eigenvalue weighted by molar-refractivity contribution is 1.03. The van der Waals surface area contributed by atoms with Gasteiger partial charge in [0.15, 0.2) is 0 Å². The third-order valence-corrected chi connectivity index (χ3v) is 4.32. The van der Waals surface area contributed by atoms with Crippen LogP contribution in [0, 0.1) is 13.8 Å². The van der Waals surface area contributed by atoms with E-state index < -0.39 is 0 Å². The molecule has 94 valence electrons. The molecule has 18 heavy (non-hydrogen) atoms. The van der Waals surface area contributed by atoms with Gasteiger partial charge in [-0.15, -0.1) is 0 Å². The summed E-state index contributed by atoms with van der Waals surface area (Å²) in [5.41, 5.74) is 9.43. The third kappa shape index (κ3) is 3.08. The molecule has 0 amide bonds. The summed E-state index contributed by atoms with van der Waals surface area (Å²) >= 11 is 7.73. The van der Waals surface area contributed by atoms with E-state index in [0.717, 1.165) is 10.6 Å². The smallest absolute Gasteiger partial charge is 0.0410 e. The van der Waals surface area contributed by atoms with Crippen LogP contribution in [-0.4, -0.2) is 0 Å². The lowest BCUT2D eigenvalue weighted by atomic mass is 10.2. The Balaban J connectivity index is 2.33. The Morgan fingerprint density at radius 2 is 1.78 bits per heavy atom. The van der Waals surface area contributed by atoms with Crippen LogP contribution in [0.25, 0.3) is 0 Å². The first kappa shape index (κ1) is 13.5. The van der Waals surface area contributed by atoms with Crippen LogP contribution in [0.5, 0.6) is 0 Å². The van der Waals surface area contributed by atoms with Crippen LogP contribution in [0.15, 0.2) is 46.2 Å². The molecule has 0 aliphatic carbocycles. The summed E-state index contributed by atoms with van der Waals surface area (Å²) in [4.78, 5) is 2.44. The molecule has 0 aromatic heterocycles. The van der Waals surface area contributed by atoms with Gasteiger partial charge in [-0.25, -0.2) is 0 Å². The normalized spacial score (nSPS) is 10.7. The zero-order valence-electron chi connectivity index (χ0n) is 10.5. The van der Waals surface area contributed by atoms with Gasteiger partial charge in [0.1, 0.15) is 0 Å². The number of hydrogen-bond donors (Lipinski definition) is 1. The Kier molecular flexibility index (Phi) is 4.33. The van der Waals surface area contributed by atoms with Gasteiger partial charge >= 0.3 is 0 Å². The minimum atomic E-state index is 0.508. The van der Waals surface area contributed by atoms with Crippen LogP contribution < -0.4 is 5.73 Å². The molecular formula is C15H16ClNS. The van der Waals surface area contributed by atoms with Crippen LogP contribution in [0.2, 0.25) is 5.02 Å². The Labute approximate surface area is 117 Å². The summed E-state index contributed by atoms with van der Waals surface area (Å²) < 4.78 is 0. The fourth-order valence-electron chi connectivity index (χ4n) is 1.84. The van der Waals surface area contributed by atoms with E-state index in [0.29, 0.717) is 6.54 Å². The first-order valence-corrected chi connectivity index (χ1v) is 7.03. The van der Waals surface area contributed by atoms with Crippen molar-refractivity contribution in [2.75, 3.05) is 0 Å². The van der Waals surface area contributed by atoms with Crippen molar-refractivity contribution >= 4 is 23.4 Å². The maximum absolute atomic E-state index is 5.99. The summed E-state index contributed by atoms with van der Waals surface area (Å²) in [6, 6.07) is 12.4. The standard InChI is InChI=1S/C15H16ClNS/c1-10-3-5-14(11(2)7-10)18-15-6-4-13(16)8-12(15)9-17/h3-8H,9,17H2,1-2H3. The van der Waals surface area contributed by atoms with Gasteiger partial charge < -0.3 is 5.73 Å². The first-order valence-electron chi connectivity index (χ1n) is 5.84. The average molecular weight is 278 g/mol. The van der Waals surface area contributed by atoms with Crippen LogP contribution in [-0.2, 0) is 6.54 Å². The van der Waals surface area contributed by atoms with Gasteiger partial charge in [-0.1, -0.05) is 41.1 Å². The summed E-state index contributed by atoms with van der Waals surface area (Å²) in [7, 11) is 0. The fraction of sp³-hybridized carbons (Fsp3) is 0.200. The molecule has 0 saturated carbocycles. The summed E-state index contributed by atoms with van der Waals surface area (Å²) in [6.45, 7) is 4.75. The highest BCUT2D eigenvalue weighted by atomic mass is 35.5. The van der Waals surface area contributed by atoms with Crippen molar-refractivity contribution in [2.45, 2.75) is 30.2 Å². The molecule has 0 spiro atoms. The van der Waals surface area contributed by atoms with Crippen molar-refractivity contribution in [3.8, 4) is 0 Å². The topological polar surface area (TPSA) is 26.0 Å². The maximum atomic E-state index is 5.99. The lowest BCUT2D eigenvalue weighted by Gasteiger charge is -2.10. The van der Waals surface area contributed by atoms with Crippen LogP contribution in [0.1, 0.15) is 16.7 Å². The second-order valence-electron chi connectivity index (χ2n) is 4.33. The van der Waals surface area contributed by atoms with Gasteiger partial charge in [0.25, 0.3) is 0 Å². The second kappa shape index (κ2) is 5.79. The van der Waals surface area contributed by atoms with Gasteiger partial charge in [-0.2, -0.15) is 0 Å². The van der Waals surface area contributed by atoms with Gasteiger partial charge in [-0.05, 0) is 49.2 Å². The number of nitrogens with two attached hydrogens (primary N) is 1. The molecule has 2 aromatic carbocycles. The van der Waals surface area contributed by atoms with E-state index in [9.17, 15) is 0 Å². The van der Waals surface area contributed by atoms with Gasteiger partial charge in [0.05, 0.1) is 0 Å². The molecule has 0 atom stereocenters. The molecule has 0 bridgehead atoms. The summed E-state index contributed by atoms with van der Waals surface area (Å²) in [6.07, 6.45) is 0. The molecule has 0 aliphatic heterocycles. The predicted octanol–water partition coefficient (Wildman–Crippen LogP) is 4.57. The predicted molar refractivity (Wildman–Crippen MR) is 79.4 cm³/mol. The molecular weight excluding hydrogens is 262 g/mol. The number of hydrogen-bond acceptors (Lipinski definition) is 2. The van der Waals surface area contributed by atoms with E-state index in [4.69, 9.17) is 17.3 Å². The number of halogens is 1. The quantitative estimate of drug-likeness (QED) is 0.890. The molecule has 1 nitrogen and oxygen atoms in total. The number of rotatable bonds is 3. The molecule has 0 saturated heterocycles. The van der Waals surface area contributed by atoms with Crippen molar-refractivity contribution in [1.82, 2.24) is 0 Å². The fourth-order valence-corrected chi connectivity index (χ4v) is 3.04. The van der Waals surface area contributed by atoms with E-state index >= 15 is 0 Å². The zero-order valence-corrected chi connectivity index (χ0v) is 12.1. The molecule has 0 heterocycles. The highest BCUT2D eigenvalue weighted by molar-refractivity contribution is 7.99. The second-order valence-corrected chi connectivity index (χ2v) is 5.85. The maximum Gasteiger partial charge on any atom is 0.0410 e. The zero-order chi connectivity index (χ0) is 13.1.